The quantitative estimate of drug-likeness (QED) is 0.596. The van der Waals surface area contributed by atoms with Gasteiger partial charge in [0.15, 0.2) is 5.76 Å². The van der Waals surface area contributed by atoms with Crippen molar-refractivity contribution in [2.24, 2.45) is 0 Å². The fourth-order valence-electron chi connectivity index (χ4n) is 3.31. The van der Waals surface area contributed by atoms with Gasteiger partial charge in [-0.25, -0.2) is 0 Å². The van der Waals surface area contributed by atoms with Gasteiger partial charge in [0.1, 0.15) is 6.61 Å². The molecule has 1 aliphatic rings. The minimum atomic E-state index is -0.851. The Hall–Kier alpha value is -2.18. The van der Waals surface area contributed by atoms with Crippen LogP contribution in [0.1, 0.15) is 66.5 Å². The Morgan fingerprint density at radius 1 is 1.31 bits per heavy atom. The summed E-state index contributed by atoms with van der Waals surface area (Å²) in [4.78, 5) is 11.3. The molecular weight excluding hydrogens is 334 g/mol. The predicted octanol–water partition coefficient (Wildman–Crippen LogP) is 3.60. The van der Waals surface area contributed by atoms with Crippen LogP contribution >= 0.6 is 0 Å². The van der Waals surface area contributed by atoms with Crippen molar-refractivity contribution >= 4 is 5.97 Å². The maximum absolute atomic E-state index is 11.3. The summed E-state index contributed by atoms with van der Waals surface area (Å²) in [7, 11) is 0. The molecule has 1 fully saturated rings. The van der Waals surface area contributed by atoms with E-state index in [0.717, 1.165) is 30.4 Å². The van der Waals surface area contributed by atoms with E-state index in [2.05, 4.69) is 5.16 Å². The van der Waals surface area contributed by atoms with Crippen LogP contribution in [-0.2, 0) is 22.7 Å². The van der Waals surface area contributed by atoms with E-state index in [1.165, 1.54) is 0 Å². The molecule has 2 N–H and O–H groups in total. The van der Waals surface area contributed by atoms with Gasteiger partial charge >= 0.3 is 5.97 Å². The van der Waals surface area contributed by atoms with Gasteiger partial charge in [0, 0.05) is 18.1 Å². The van der Waals surface area contributed by atoms with Crippen LogP contribution in [0.3, 0.4) is 0 Å². The third-order valence-corrected chi connectivity index (χ3v) is 4.72. The first kappa shape index (κ1) is 18.6. The van der Waals surface area contributed by atoms with E-state index in [1.807, 2.05) is 30.3 Å². The van der Waals surface area contributed by atoms with Crippen LogP contribution in [0.25, 0.3) is 0 Å². The molecule has 1 saturated carbocycles. The largest absolute Gasteiger partial charge is 0.481 e. The van der Waals surface area contributed by atoms with E-state index in [1.54, 1.807) is 0 Å². The number of aliphatic hydroxyl groups is 1. The average molecular weight is 359 g/mol. The summed E-state index contributed by atoms with van der Waals surface area (Å²) in [6.07, 6.45) is 3.51. The first-order chi connectivity index (χ1) is 12.7. The van der Waals surface area contributed by atoms with Crippen LogP contribution in [0.2, 0.25) is 0 Å². The topological polar surface area (TPSA) is 92.8 Å². The first-order valence-corrected chi connectivity index (χ1v) is 9.11. The van der Waals surface area contributed by atoms with Crippen molar-refractivity contribution in [2.75, 3.05) is 6.61 Å². The summed E-state index contributed by atoms with van der Waals surface area (Å²) in [6, 6.07) is 9.95. The zero-order chi connectivity index (χ0) is 18.4. The van der Waals surface area contributed by atoms with Crippen molar-refractivity contribution in [1.29, 1.82) is 0 Å². The molecule has 3 rings (SSSR count). The maximum atomic E-state index is 11.3. The maximum Gasteiger partial charge on any atom is 0.304 e. The number of rotatable bonds is 11. The second-order valence-electron chi connectivity index (χ2n) is 6.81. The average Bonchev–Trinajstić information content (AvgIpc) is 3.39. The third kappa shape index (κ3) is 4.93. The molecule has 0 amide bonds. The number of carboxylic acids is 1. The smallest absolute Gasteiger partial charge is 0.304 e. The second kappa shape index (κ2) is 8.96. The molecule has 0 unspecified atom stereocenters. The lowest BCUT2D eigenvalue weighted by Crippen LogP contribution is -2.10. The van der Waals surface area contributed by atoms with E-state index >= 15 is 0 Å². The van der Waals surface area contributed by atoms with Crippen molar-refractivity contribution in [3.05, 3.63) is 52.9 Å². The molecule has 0 saturated heterocycles. The number of hydrogen-bond acceptors (Lipinski definition) is 5. The van der Waals surface area contributed by atoms with E-state index in [4.69, 9.17) is 9.26 Å². The molecule has 1 heterocycles. The number of aliphatic carboxylic acids is 1. The van der Waals surface area contributed by atoms with Gasteiger partial charge in [-0.2, -0.15) is 0 Å². The zero-order valence-corrected chi connectivity index (χ0v) is 14.8. The van der Waals surface area contributed by atoms with Gasteiger partial charge in [0.25, 0.3) is 0 Å². The Bertz CT molecular complexity index is 708. The monoisotopic (exact) mass is 359 g/mol. The predicted molar refractivity (Wildman–Crippen MR) is 94.7 cm³/mol. The molecule has 6 nitrogen and oxygen atoms in total. The van der Waals surface area contributed by atoms with E-state index in [-0.39, 0.29) is 18.9 Å². The summed E-state index contributed by atoms with van der Waals surface area (Å²) in [5.74, 6) is -0.231. The molecule has 0 spiro atoms. The van der Waals surface area contributed by atoms with Crippen molar-refractivity contribution in [3.63, 3.8) is 0 Å². The third-order valence-electron chi connectivity index (χ3n) is 4.72. The number of nitrogens with zero attached hydrogens (tertiary/aromatic N) is 1. The number of hydrogen-bond donors (Lipinski definition) is 2. The Morgan fingerprint density at radius 3 is 2.73 bits per heavy atom. The van der Waals surface area contributed by atoms with Crippen molar-refractivity contribution in [1.82, 2.24) is 5.16 Å². The molecule has 0 aliphatic heterocycles. The number of carbonyl (C=O) groups is 1. The second-order valence-corrected chi connectivity index (χ2v) is 6.81. The number of carboxylic acid groups (broad SMARTS) is 1. The summed E-state index contributed by atoms with van der Waals surface area (Å²) < 4.78 is 11.0. The summed E-state index contributed by atoms with van der Waals surface area (Å²) in [5.41, 5.74) is 2.76. The number of benzene rings is 1. The van der Waals surface area contributed by atoms with E-state index < -0.39 is 5.97 Å². The van der Waals surface area contributed by atoms with E-state index in [9.17, 15) is 15.0 Å². The fraction of sp³-hybridized carbons (Fsp3) is 0.500. The molecule has 6 heteroatoms. The first-order valence-electron chi connectivity index (χ1n) is 9.11. The standard InChI is InChI=1S/C20H25NO5/c22-12-17-19(15-8-9-15)20(21-26-17)16(11-18(23)24)7-4-10-25-13-14-5-2-1-3-6-14/h1-3,5-6,15-16,22H,4,7-13H2,(H,23,24)/t16-/m0/s1. The molecule has 0 radical (unpaired) electrons. The SMILES string of the molecule is O=C(O)C[C@H](CCCOCc1ccccc1)c1noc(CO)c1C1CC1. The Balaban J connectivity index is 1.56. The molecule has 26 heavy (non-hydrogen) atoms. The Labute approximate surface area is 152 Å². The van der Waals surface area contributed by atoms with Gasteiger partial charge < -0.3 is 19.5 Å². The molecule has 1 aromatic carbocycles. The highest BCUT2D eigenvalue weighted by atomic mass is 16.5. The van der Waals surface area contributed by atoms with E-state index in [0.29, 0.717) is 37.0 Å². The molecule has 2 aromatic rings. The van der Waals surface area contributed by atoms with Gasteiger partial charge in [0.05, 0.1) is 18.7 Å². The minimum absolute atomic E-state index is 0.00973. The Morgan fingerprint density at radius 2 is 2.08 bits per heavy atom. The molecule has 1 aliphatic carbocycles. The summed E-state index contributed by atoms with van der Waals surface area (Å²) in [5, 5.41) is 22.8. The highest BCUT2D eigenvalue weighted by Gasteiger charge is 2.35. The summed E-state index contributed by atoms with van der Waals surface area (Å²) >= 11 is 0. The highest BCUT2D eigenvalue weighted by molar-refractivity contribution is 5.68. The van der Waals surface area contributed by atoms with Crippen LogP contribution in [0.5, 0.6) is 0 Å². The lowest BCUT2D eigenvalue weighted by molar-refractivity contribution is -0.137. The molecule has 1 atom stereocenters. The summed E-state index contributed by atoms with van der Waals surface area (Å²) in [6.45, 7) is 0.920. The molecular formula is C20H25NO5. The number of aromatic nitrogens is 1. The van der Waals surface area contributed by atoms with Crippen LogP contribution in [0, 0.1) is 0 Å². The van der Waals surface area contributed by atoms with Gasteiger partial charge in [0.2, 0.25) is 0 Å². The van der Waals surface area contributed by atoms with Crippen LogP contribution in [0.15, 0.2) is 34.9 Å². The van der Waals surface area contributed by atoms with Gasteiger partial charge in [-0.1, -0.05) is 35.5 Å². The van der Waals surface area contributed by atoms with Crippen LogP contribution in [-0.4, -0.2) is 27.9 Å². The van der Waals surface area contributed by atoms with Gasteiger partial charge in [-0.05, 0) is 37.2 Å². The van der Waals surface area contributed by atoms with Gasteiger partial charge in [-0.15, -0.1) is 0 Å². The zero-order valence-electron chi connectivity index (χ0n) is 14.8. The van der Waals surface area contributed by atoms with Crippen LogP contribution in [0.4, 0.5) is 0 Å². The lowest BCUT2D eigenvalue weighted by atomic mass is 9.91. The normalized spacial score (nSPS) is 15.1. The van der Waals surface area contributed by atoms with Gasteiger partial charge in [-0.3, -0.25) is 4.79 Å². The van der Waals surface area contributed by atoms with Crippen molar-refractivity contribution in [2.45, 2.75) is 57.2 Å². The number of ether oxygens (including phenoxy) is 1. The lowest BCUT2D eigenvalue weighted by Gasteiger charge is -2.14. The Kier molecular flexibility index (Phi) is 6.41. The highest BCUT2D eigenvalue weighted by Crippen LogP contribution is 2.46. The number of aliphatic hydroxyl groups excluding tert-OH is 1. The minimum Gasteiger partial charge on any atom is -0.481 e. The van der Waals surface area contributed by atoms with Crippen LogP contribution < -0.4 is 0 Å². The molecule has 140 valence electrons. The van der Waals surface area contributed by atoms with Crippen molar-refractivity contribution in [3.8, 4) is 0 Å². The fourth-order valence-corrected chi connectivity index (χ4v) is 3.31. The molecule has 0 bridgehead atoms. The molecule has 1 aromatic heterocycles. The van der Waals surface area contributed by atoms with Crippen molar-refractivity contribution < 1.29 is 24.3 Å².